The lowest BCUT2D eigenvalue weighted by molar-refractivity contribution is -0.123. The third-order valence-corrected chi connectivity index (χ3v) is 4.43. The first-order chi connectivity index (χ1) is 8.79. The second-order valence-corrected chi connectivity index (χ2v) is 7.75. The third-order valence-electron chi connectivity index (χ3n) is 4.43. The van der Waals surface area contributed by atoms with Crippen LogP contribution in [0.5, 0.6) is 0 Å². The van der Waals surface area contributed by atoms with Gasteiger partial charge in [-0.1, -0.05) is 27.7 Å². The molecule has 0 saturated heterocycles. The quantitative estimate of drug-likeness (QED) is 0.836. The molecule has 0 aromatic rings. The largest absolute Gasteiger partial charge is 0.444 e. The minimum Gasteiger partial charge on any atom is -0.444 e. The molecular weight excluding hydrogens is 256 g/mol. The van der Waals surface area contributed by atoms with Crippen molar-refractivity contribution in [1.82, 2.24) is 10.6 Å². The Labute approximate surface area is 121 Å². The lowest BCUT2D eigenvalue weighted by Crippen LogP contribution is -2.47. The van der Waals surface area contributed by atoms with E-state index in [1.807, 2.05) is 0 Å². The molecule has 0 aliphatic heterocycles. The van der Waals surface area contributed by atoms with Crippen LogP contribution >= 0.6 is 0 Å². The van der Waals surface area contributed by atoms with Crippen molar-refractivity contribution in [3.05, 3.63) is 0 Å². The van der Waals surface area contributed by atoms with Crippen LogP contribution in [-0.4, -0.2) is 29.7 Å². The molecule has 0 aromatic heterocycles. The molecule has 0 spiro atoms. The second-order valence-electron chi connectivity index (χ2n) is 7.75. The van der Waals surface area contributed by atoms with E-state index in [-0.39, 0.29) is 22.8 Å². The van der Waals surface area contributed by atoms with Crippen LogP contribution in [0.4, 0.5) is 4.79 Å². The summed E-state index contributed by atoms with van der Waals surface area (Å²) in [6.07, 6.45) is -0.575. The van der Waals surface area contributed by atoms with Gasteiger partial charge in [-0.2, -0.15) is 0 Å². The summed E-state index contributed by atoms with van der Waals surface area (Å²) in [5.41, 5.74) is -0.413. The standard InChI is InChI=1S/C15H28N2O3/c1-9(16-12(19)20-13(2,3)4)10(18)17-11-14(5,6)15(11,7)8/h9,11H,1-8H3,(H,16,19)(H,17,18). The van der Waals surface area contributed by atoms with Gasteiger partial charge in [0.05, 0.1) is 0 Å². The number of carbonyl (C=O) groups is 2. The van der Waals surface area contributed by atoms with Crippen LogP contribution in [0.3, 0.4) is 0 Å². The number of alkyl carbamates (subject to hydrolysis) is 1. The molecule has 1 unspecified atom stereocenters. The Morgan fingerprint density at radius 3 is 1.90 bits per heavy atom. The van der Waals surface area contributed by atoms with Gasteiger partial charge in [-0.3, -0.25) is 4.79 Å². The molecule has 1 fully saturated rings. The number of amides is 2. The van der Waals surface area contributed by atoms with Gasteiger partial charge in [0, 0.05) is 6.04 Å². The molecule has 116 valence electrons. The van der Waals surface area contributed by atoms with Crippen LogP contribution in [0, 0.1) is 10.8 Å². The molecule has 1 atom stereocenters. The molecule has 0 radical (unpaired) electrons. The average Bonchev–Trinajstić information content (AvgIpc) is 2.57. The first-order valence-corrected chi connectivity index (χ1v) is 7.09. The van der Waals surface area contributed by atoms with Gasteiger partial charge in [-0.15, -0.1) is 0 Å². The fourth-order valence-corrected chi connectivity index (χ4v) is 2.37. The van der Waals surface area contributed by atoms with Gasteiger partial charge >= 0.3 is 6.09 Å². The molecule has 0 aromatic carbocycles. The Kier molecular flexibility index (Phi) is 4.14. The van der Waals surface area contributed by atoms with Crippen LogP contribution in [0.25, 0.3) is 0 Å². The van der Waals surface area contributed by atoms with E-state index in [0.717, 1.165) is 0 Å². The number of rotatable bonds is 3. The van der Waals surface area contributed by atoms with Crippen LogP contribution in [-0.2, 0) is 9.53 Å². The van der Waals surface area contributed by atoms with Crippen molar-refractivity contribution < 1.29 is 14.3 Å². The number of ether oxygens (including phenoxy) is 1. The topological polar surface area (TPSA) is 67.4 Å². The number of nitrogens with one attached hydrogen (secondary N) is 2. The van der Waals surface area contributed by atoms with Gasteiger partial charge in [0.15, 0.2) is 0 Å². The highest BCUT2D eigenvalue weighted by molar-refractivity contribution is 5.86. The van der Waals surface area contributed by atoms with Gasteiger partial charge in [0.2, 0.25) is 5.91 Å². The Morgan fingerprint density at radius 1 is 1.10 bits per heavy atom. The molecule has 0 bridgehead atoms. The summed E-state index contributed by atoms with van der Waals surface area (Å²) in [6, 6.07) is -0.484. The van der Waals surface area contributed by atoms with E-state index in [4.69, 9.17) is 4.74 Å². The van der Waals surface area contributed by atoms with Crippen molar-refractivity contribution in [3.63, 3.8) is 0 Å². The monoisotopic (exact) mass is 284 g/mol. The molecule has 1 rings (SSSR count). The summed E-state index contributed by atoms with van der Waals surface area (Å²) in [5, 5.41) is 5.54. The van der Waals surface area contributed by atoms with Gasteiger partial charge in [0.1, 0.15) is 11.6 Å². The highest BCUT2D eigenvalue weighted by Gasteiger charge is 2.65. The van der Waals surface area contributed by atoms with Crippen LogP contribution < -0.4 is 10.6 Å². The fourth-order valence-electron chi connectivity index (χ4n) is 2.37. The molecule has 5 nitrogen and oxygen atoms in total. The molecule has 20 heavy (non-hydrogen) atoms. The zero-order chi connectivity index (χ0) is 15.9. The summed E-state index contributed by atoms with van der Waals surface area (Å²) in [6.45, 7) is 15.5. The summed E-state index contributed by atoms with van der Waals surface area (Å²) in [7, 11) is 0. The predicted octanol–water partition coefficient (Wildman–Crippen LogP) is 2.45. The van der Waals surface area contributed by atoms with E-state index in [0.29, 0.717) is 0 Å². The predicted molar refractivity (Wildman–Crippen MR) is 78.3 cm³/mol. The average molecular weight is 284 g/mol. The van der Waals surface area contributed by atoms with Crippen LogP contribution in [0.15, 0.2) is 0 Å². The zero-order valence-electron chi connectivity index (χ0n) is 13.9. The Hall–Kier alpha value is -1.26. The van der Waals surface area contributed by atoms with Gasteiger partial charge in [0.25, 0.3) is 0 Å². The van der Waals surface area contributed by atoms with E-state index in [9.17, 15) is 9.59 Å². The van der Waals surface area contributed by atoms with Gasteiger partial charge < -0.3 is 15.4 Å². The lowest BCUT2D eigenvalue weighted by atomic mass is 10.0. The summed E-state index contributed by atoms with van der Waals surface area (Å²) >= 11 is 0. The maximum absolute atomic E-state index is 12.1. The van der Waals surface area contributed by atoms with Crippen LogP contribution in [0.1, 0.15) is 55.4 Å². The molecule has 1 aliphatic carbocycles. The SMILES string of the molecule is CC(NC(=O)OC(C)(C)C)C(=O)NC1C(C)(C)C1(C)C. The highest BCUT2D eigenvalue weighted by atomic mass is 16.6. The number of hydrogen-bond acceptors (Lipinski definition) is 3. The summed E-state index contributed by atoms with van der Waals surface area (Å²) < 4.78 is 5.13. The maximum Gasteiger partial charge on any atom is 0.408 e. The number of hydrogen-bond donors (Lipinski definition) is 2. The van der Waals surface area contributed by atoms with E-state index in [1.165, 1.54) is 0 Å². The van der Waals surface area contributed by atoms with Crippen molar-refractivity contribution in [3.8, 4) is 0 Å². The van der Waals surface area contributed by atoms with E-state index < -0.39 is 17.7 Å². The van der Waals surface area contributed by atoms with Crippen molar-refractivity contribution in [1.29, 1.82) is 0 Å². The smallest absolute Gasteiger partial charge is 0.408 e. The first-order valence-electron chi connectivity index (χ1n) is 7.09. The fraction of sp³-hybridized carbons (Fsp3) is 0.867. The van der Waals surface area contributed by atoms with Crippen molar-refractivity contribution in [2.24, 2.45) is 10.8 Å². The lowest BCUT2D eigenvalue weighted by Gasteiger charge is -2.22. The Balaban J connectivity index is 2.48. The maximum atomic E-state index is 12.1. The Morgan fingerprint density at radius 2 is 1.55 bits per heavy atom. The van der Waals surface area contributed by atoms with E-state index in [2.05, 4.69) is 38.3 Å². The van der Waals surface area contributed by atoms with Crippen molar-refractivity contribution in [2.45, 2.75) is 73.1 Å². The van der Waals surface area contributed by atoms with Gasteiger partial charge in [-0.25, -0.2) is 4.79 Å². The molecule has 1 saturated carbocycles. The minimum absolute atomic E-state index is 0.0777. The normalized spacial score (nSPS) is 21.8. The molecule has 5 heteroatoms. The molecule has 2 N–H and O–H groups in total. The number of carbonyl (C=O) groups excluding carboxylic acids is 2. The van der Waals surface area contributed by atoms with Gasteiger partial charge in [-0.05, 0) is 38.5 Å². The minimum atomic E-state index is -0.614. The highest BCUT2D eigenvalue weighted by Crippen LogP contribution is 2.62. The molecule has 0 heterocycles. The molecule has 1 aliphatic rings. The zero-order valence-corrected chi connectivity index (χ0v) is 13.9. The van der Waals surface area contributed by atoms with E-state index in [1.54, 1.807) is 27.7 Å². The van der Waals surface area contributed by atoms with Crippen LogP contribution in [0.2, 0.25) is 0 Å². The van der Waals surface area contributed by atoms with Crippen molar-refractivity contribution in [2.75, 3.05) is 0 Å². The Bertz CT molecular complexity index is 394. The summed E-state index contributed by atoms with van der Waals surface area (Å²) in [4.78, 5) is 23.7. The third kappa shape index (κ3) is 3.44. The molecule has 2 amide bonds. The molecular formula is C15H28N2O3. The van der Waals surface area contributed by atoms with Crippen molar-refractivity contribution >= 4 is 12.0 Å². The summed E-state index contributed by atoms with van der Waals surface area (Å²) in [5.74, 6) is -0.181. The van der Waals surface area contributed by atoms with E-state index >= 15 is 0 Å². The second kappa shape index (κ2) is 4.93. The first kappa shape index (κ1) is 16.8.